The Morgan fingerprint density at radius 3 is 2.29 bits per heavy atom. The summed E-state index contributed by atoms with van der Waals surface area (Å²) in [7, 11) is 0. The first-order valence-electron chi connectivity index (χ1n) is 11.2. The first kappa shape index (κ1) is 27.4. The number of rotatable bonds is 6. The first-order chi connectivity index (χ1) is 18.0. The number of benzene rings is 3. The topological polar surface area (TPSA) is 105 Å². The number of carbonyl (C=O) groups is 4. The second kappa shape index (κ2) is 11.4. The van der Waals surface area contributed by atoms with Crippen LogP contribution in [0.4, 0.5) is 16.2 Å². The summed E-state index contributed by atoms with van der Waals surface area (Å²) in [5.74, 6) is -2.01. The number of nitrogens with one attached hydrogen (secondary N) is 2. The number of hydrogen-bond donors (Lipinski definition) is 2. The SMILES string of the molecule is Cc1ccc(NC(=O)COc2c(Cl)cc(/C=C3\C(=O)NC(=O)N(c4ccc(Br)cc4)C3=O)cc2Cl)cc1C. The monoisotopic (exact) mass is 615 g/mol. The largest absolute Gasteiger partial charge is 0.481 e. The molecule has 5 amide bonds. The summed E-state index contributed by atoms with van der Waals surface area (Å²) in [5, 5.41) is 5.02. The molecule has 1 saturated heterocycles. The van der Waals surface area contributed by atoms with E-state index in [0.29, 0.717) is 11.3 Å². The lowest BCUT2D eigenvalue weighted by Gasteiger charge is -2.26. The van der Waals surface area contributed by atoms with Crippen LogP contribution in [0, 0.1) is 13.8 Å². The minimum absolute atomic E-state index is 0.0628. The molecule has 4 rings (SSSR count). The van der Waals surface area contributed by atoms with Gasteiger partial charge in [0.1, 0.15) is 5.57 Å². The Kier molecular flexibility index (Phi) is 8.20. The number of nitrogens with zero attached hydrogens (tertiary/aromatic N) is 1. The number of hydrogen-bond acceptors (Lipinski definition) is 5. The van der Waals surface area contributed by atoms with E-state index >= 15 is 0 Å². The number of halogens is 3. The molecule has 0 spiro atoms. The number of carbonyl (C=O) groups excluding carboxylic acids is 4. The van der Waals surface area contributed by atoms with E-state index in [-0.39, 0.29) is 33.7 Å². The fraction of sp³-hybridized carbons (Fsp3) is 0.111. The molecule has 0 radical (unpaired) electrons. The summed E-state index contributed by atoms with van der Waals surface area (Å²) in [6.07, 6.45) is 1.27. The summed E-state index contributed by atoms with van der Waals surface area (Å²) < 4.78 is 6.30. The van der Waals surface area contributed by atoms with Gasteiger partial charge in [0, 0.05) is 10.2 Å². The molecule has 0 bridgehead atoms. The molecule has 194 valence electrons. The molecule has 38 heavy (non-hydrogen) atoms. The Morgan fingerprint density at radius 2 is 1.66 bits per heavy atom. The fourth-order valence-electron chi connectivity index (χ4n) is 3.60. The van der Waals surface area contributed by atoms with Gasteiger partial charge in [0.25, 0.3) is 17.7 Å². The van der Waals surface area contributed by atoms with Gasteiger partial charge in [-0.1, -0.05) is 45.2 Å². The average Bonchev–Trinajstić information content (AvgIpc) is 2.84. The Bertz CT molecular complexity index is 1480. The Morgan fingerprint density at radius 1 is 1.00 bits per heavy atom. The number of barbiturate groups is 1. The van der Waals surface area contributed by atoms with E-state index in [1.807, 2.05) is 26.0 Å². The van der Waals surface area contributed by atoms with E-state index in [9.17, 15) is 19.2 Å². The minimum atomic E-state index is -0.863. The number of aryl methyl sites for hydroxylation is 2. The molecule has 3 aromatic carbocycles. The molecule has 3 aromatic rings. The van der Waals surface area contributed by atoms with E-state index in [4.69, 9.17) is 27.9 Å². The molecule has 0 aromatic heterocycles. The van der Waals surface area contributed by atoms with E-state index < -0.39 is 23.8 Å². The van der Waals surface area contributed by atoms with Crippen molar-refractivity contribution in [1.82, 2.24) is 5.32 Å². The van der Waals surface area contributed by atoms with Crippen molar-refractivity contribution in [3.8, 4) is 5.75 Å². The lowest BCUT2D eigenvalue weighted by atomic mass is 10.1. The van der Waals surface area contributed by atoms with Crippen LogP contribution in [0.1, 0.15) is 16.7 Å². The van der Waals surface area contributed by atoms with Crippen molar-refractivity contribution in [2.24, 2.45) is 0 Å². The lowest BCUT2D eigenvalue weighted by Crippen LogP contribution is -2.54. The van der Waals surface area contributed by atoms with Crippen LogP contribution in [0.25, 0.3) is 6.08 Å². The van der Waals surface area contributed by atoms with Crippen molar-refractivity contribution in [1.29, 1.82) is 0 Å². The van der Waals surface area contributed by atoms with Gasteiger partial charge in [0.15, 0.2) is 12.4 Å². The molecule has 1 aliphatic heterocycles. The number of amides is 5. The summed E-state index contributed by atoms with van der Waals surface area (Å²) in [6.45, 7) is 3.57. The van der Waals surface area contributed by atoms with E-state index in [1.165, 1.54) is 18.2 Å². The zero-order chi connectivity index (χ0) is 27.6. The summed E-state index contributed by atoms with van der Waals surface area (Å²) >= 11 is 16.0. The van der Waals surface area contributed by atoms with Gasteiger partial charge in [0.05, 0.1) is 15.7 Å². The first-order valence-corrected chi connectivity index (χ1v) is 12.7. The number of urea groups is 1. The zero-order valence-electron chi connectivity index (χ0n) is 20.1. The third-order valence-electron chi connectivity index (χ3n) is 5.66. The van der Waals surface area contributed by atoms with Crippen LogP contribution in [0.15, 0.2) is 64.6 Å². The molecule has 1 fully saturated rings. The van der Waals surface area contributed by atoms with Gasteiger partial charge in [-0.2, -0.15) is 0 Å². The maximum absolute atomic E-state index is 13.1. The molecule has 2 N–H and O–H groups in total. The minimum Gasteiger partial charge on any atom is -0.481 e. The smallest absolute Gasteiger partial charge is 0.335 e. The molecule has 0 aliphatic carbocycles. The van der Waals surface area contributed by atoms with Crippen LogP contribution in [0.5, 0.6) is 5.75 Å². The second-order valence-electron chi connectivity index (χ2n) is 8.38. The summed E-state index contributed by atoms with van der Waals surface area (Å²) in [5.41, 5.74) is 3.08. The van der Waals surface area contributed by atoms with Crippen LogP contribution in [0.3, 0.4) is 0 Å². The van der Waals surface area contributed by atoms with Crippen molar-refractivity contribution in [3.63, 3.8) is 0 Å². The van der Waals surface area contributed by atoms with Gasteiger partial charge in [-0.15, -0.1) is 0 Å². The van der Waals surface area contributed by atoms with E-state index in [1.54, 1.807) is 30.3 Å². The number of imide groups is 2. The highest BCUT2D eigenvalue weighted by Gasteiger charge is 2.36. The van der Waals surface area contributed by atoms with Crippen molar-refractivity contribution in [2.45, 2.75) is 13.8 Å². The van der Waals surface area contributed by atoms with Crippen molar-refractivity contribution < 1.29 is 23.9 Å². The predicted molar refractivity (Wildman–Crippen MR) is 150 cm³/mol. The summed E-state index contributed by atoms with van der Waals surface area (Å²) in [6, 6.07) is 14.0. The maximum Gasteiger partial charge on any atom is 0.335 e. The standard InChI is InChI=1S/C27H20BrCl2N3O5/c1-14-3-6-18(9-15(14)2)31-23(34)13-38-24-21(29)11-16(12-22(24)30)10-20-25(35)32-27(37)33(26(20)36)19-7-4-17(28)5-8-19/h3-12H,13H2,1-2H3,(H,31,34)(H,32,35,37)/b20-10+. The van der Waals surface area contributed by atoms with Crippen LogP contribution < -0.4 is 20.3 Å². The third kappa shape index (κ3) is 6.07. The second-order valence-corrected chi connectivity index (χ2v) is 10.1. The zero-order valence-corrected chi connectivity index (χ0v) is 23.2. The number of anilines is 2. The van der Waals surface area contributed by atoms with Crippen molar-refractivity contribution >= 4 is 80.3 Å². The maximum atomic E-state index is 13.1. The average molecular weight is 617 g/mol. The highest BCUT2D eigenvalue weighted by atomic mass is 79.9. The highest BCUT2D eigenvalue weighted by Crippen LogP contribution is 2.35. The van der Waals surface area contributed by atoms with Gasteiger partial charge in [0.2, 0.25) is 0 Å². The van der Waals surface area contributed by atoms with Gasteiger partial charge in [-0.25, -0.2) is 9.69 Å². The van der Waals surface area contributed by atoms with Crippen LogP contribution >= 0.6 is 39.1 Å². The molecule has 0 saturated carbocycles. The third-order valence-corrected chi connectivity index (χ3v) is 6.75. The summed E-state index contributed by atoms with van der Waals surface area (Å²) in [4.78, 5) is 51.1. The highest BCUT2D eigenvalue weighted by molar-refractivity contribution is 9.10. The van der Waals surface area contributed by atoms with Gasteiger partial charge >= 0.3 is 6.03 Å². The van der Waals surface area contributed by atoms with Crippen LogP contribution in [-0.4, -0.2) is 30.4 Å². The van der Waals surface area contributed by atoms with Crippen LogP contribution in [0.2, 0.25) is 10.0 Å². The van der Waals surface area contributed by atoms with Crippen molar-refractivity contribution in [2.75, 3.05) is 16.8 Å². The quantitative estimate of drug-likeness (QED) is 0.259. The molecule has 1 aliphatic rings. The van der Waals surface area contributed by atoms with Gasteiger partial charge in [-0.05, 0) is 85.1 Å². The Balaban J connectivity index is 1.51. The lowest BCUT2D eigenvalue weighted by molar-refractivity contribution is -0.122. The van der Waals surface area contributed by atoms with Crippen LogP contribution in [-0.2, 0) is 14.4 Å². The predicted octanol–water partition coefficient (Wildman–Crippen LogP) is 6.06. The Labute approximate surface area is 236 Å². The van der Waals surface area contributed by atoms with Gasteiger partial charge < -0.3 is 10.1 Å². The van der Waals surface area contributed by atoms with Crippen molar-refractivity contribution in [3.05, 3.63) is 91.4 Å². The van der Waals surface area contributed by atoms with Gasteiger partial charge in [-0.3, -0.25) is 19.7 Å². The molecule has 11 heteroatoms. The molecule has 0 unspecified atom stereocenters. The normalized spacial score (nSPS) is 14.5. The molecule has 8 nitrogen and oxygen atoms in total. The van der Waals surface area contributed by atoms with E-state index in [0.717, 1.165) is 20.5 Å². The fourth-order valence-corrected chi connectivity index (χ4v) is 4.48. The molecule has 0 atom stereocenters. The molecule has 1 heterocycles. The van der Waals surface area contributed by atoms with E-state index in [2.05, 4.69) is 26.6 Å². The molecular weight excluding hydrogens is 597 g/mol. The molecular formula is C27H20BrCl2N3O5. The number of ether oxygens (including phenoxy) is 1. The Hall–Kier alpha value is -3.66.